The summed E-state index contributed by atoms with van der Waals surface area (Å²) in [5.41, 5.74) is -3.13. The van der Waals surface area contributed by atoms with Crippen LogP contribution in [0.15, 0.2) is 54.6 Å². The molecule has 322 valence electrons. The van der Waals surface area contributed by atoms with E-state index in [0.29, 0.717) is 23.7 Å². The van der Waals surface area contributed by atoms with E-state index in [9.17, 15) is 33.6 Å². The van der Waals surface area contributed by atoms with E-state index in [2.05, 4.69) is 10.0 Å². The summed E-state index contributed by atoms with van der Waals surface area (Å²) in [6.07, 6.45) is -7.50. The minimum atomic E-state index is -4.16. The quantitative estimate of drug-likeness (QED) is 0.190. The highest BCUT2D eigenvalue weighted by molar-refractivity contribution is 7.90. The SMILES string of the molecule is CCC1OC(=O)C(C)C(O)C(C)C(O[C@H]2O[C@@H](C)C[C@@H](N(C)S(=O)(=O)Nc3ccccc3)[C@@H]2Oc2ccc(OC)cc2)C(C)(O)CC(C)CNC(C)C(O)C1(C)O. The largest absolute Gasteiger partial charge is 0.497 e. The van der Waals surface area contributed by atoms with Crippen LogP contribution in [0.4, 0.5) is 5.69 Å². The number of nitrogens with one attached hydrogen (secondary N) is 2. The van der Waals surface area contributed by atoms with Gasteiger partial charge in [-0.05, 0) is 103 Å². The molecular weight excluding hydrogens is 759 g/mol. The Bertz CT molecular complexity index is 1680. The zero-order chi connectivity index (χ0) is 42.5. The maximum Gasteiger partial charge on any atom is 0.311 e. The number of carbonyl (C=O) groups excluding carboxylic acids is 1. The van der Waals surface area contributed by atoms with Gasteiger partial charge in [-0.25, -0.2) is 0 Å². The van der Waals surface area contributed by atoms with Crippen molar-refractivity contribution in [3.8, 4) is 11.5 Å². The third-order valence-corrected chi connectivity index (χ3v) is 13.0. The van der Waals surface area contributed by atoms with Crippen LogP contribution >= 0.6 is 0 Å². The maximum atomic E-state index is 13.9. The molecule has 2 aliphatic rings. The van der Waals surface area contributed by atoms with Crippen LogP contribution in [0.5, 0.6) is 11.5 Å². The third kappa shape index (κ3) is 11.4. The van der Waals surface area contributed by atoms with Crippen molar-refractivity contribution in [1.82, 2.24) is 9.62 Å². The minimum Gasteiger partial charge on any atom is -0.497 e. The Hall–Kier alpha value is -3.06. The number of para-hydroxylation sites is 1. The average Bonchev–Trinajstić information content (AvgIpc) is 3.16. The highest BCUT2D eigenvalue weighted by atomic mass is 32.2. The number of carbonyl (C=O) groups is 1. The van der Waals surface area contributed by atoms with Crippen LogP contribution in [0, 0.1) is 17.8 Å². The lowest BCUT2D eigenvalue weighted by Gasteiger charge is -2.47. The van der Waals surface area contributed by atoms with Crippen molar-refractivity contribution in [2.45, 2.75) is 141 Å². The molecule has 0 amide bonds. The van der Waals surface area contributed by atoms with Gasteiger partial charge in [0.1, 0.15) is 29.3 Å². The number of aliphatic hydroxyl groups excluding tert-OH is 2. The summed E-state index contributed by atoms with van der Waals surface area (Å²) < 4.78 is 62.5. The fourth-order valence-corrected chi connectivity index (χ4v) is 9.18. The first-order valence-corrected chi connectivity index (χ1v) is 21.2. The van der Waals surface area contributed by atoms with E-state index in [1.165, 1.54) is 32.3 Å². The molecule has 6 N–H and O–H groups in total. The third-order valence-electron chi connectivity index (χ3n) is 11.5. The normalized spacial score (nSPS) is 37.7. The number of nitrogens with zero attached hydrogens (tertiary/aromatic N) is 1. The molecule has 2 heterocycles. The van der Waals surface area contributed by atoms with Gasteiger partial charge in [-0.1, -0.05) is 39.0 Å². The van der Waals surface area contributed by atoms with Crippen molar-refractivity contribution in [3.05, 3.63) is 54.6 Å². The second-order valence-corrected chi connectivity index (χ2v) is 18.2. The van der Waals surface area contributed by atoms with E-state index in [4.69, 9.17) is 23.7 Å². The number of methoxy groups -OCH3 is 1. The summed E-state index contributed by atoms with van der Waals surface area (Å²) in [7, 11) is -1.18. The topological polar surface area (TPSA) is 206 Å². The first-order valence-electron chi connectivity index (χ1n) is 19.8. The van der Waals surface area contributed by atoms with Crippen LogP contribution in [0.25, 0.3) is 0 Å². The average molecular weight is 824 g/mol. The smallest absolute Gasteiger partial charge is 0.311 e. The molecule has 16 heteroatoms. The van der Waals surface area contributed by atoms with E-state index in [1.807, 2.05) is 6.92 Å². The first-order chi connectivity index (χ1) is 26.6. The lowest BCUT2D eigenvalue weighted by Crippen LogP contribution is -2.62. The molecule has 15 nitrogen and oxygen atoms in total. The van der Waals surface area contributed by atoms with Crippen LogP contribution < -0.4 is 19.5 Å². The minimum absolute atomic E-state index is 0.127. The predicted molar refractivity (Wildman–Crippen MR) is 215 cm³/mol. The number of hydrogen-bond donors (Lipinski definition) is 6. The zero-order valence-electron chi connectivity index (χ0n) is 34.9. The summed E-state index contributed by atoms with van der Waals surface area (Å²) in [5, 5.41) is 50.1. The van der Waals surface area contributed by atoms with Gasteiger partial charge >= 0.3 is 16.2 Å². The molecule has 0 spiro atoms. The number of cyclic esters (lactones) is 1. The van der Waals surface area contributed by atoms with Crippen molar-refractivity contribution >= 4 is 21.9 Å². The highest BCUT2D eigenvalue weighted by Crippen LogP contribution is 2.38. The van der Waals surface area contributed by atoms with Crippen LogP contribution in [0.1, 0.15) is 74.7 Å². The van der Waals surface area contributed by atoms with Gasteiger partial charge in [0, 0.05) is 24.7 Å². The van der Waals surface area contributed by atoms with E-state index in [0.717, 1.165) is 0 Å². The molecule has 0 bridgehead atoms. The van der Waals surface area contributed by atoms with Gasteiger partial charge in [0.2, 0.25) is 0 Å². The summed E-state index contributed by atoms with van der Waals surface area (Å²) in [6.45, 7) is 13.6. The molecule has 57 heavy (non-hydrogen) atoms. The molecule has 14 atom stereocenters. The molecule has 2 aromatic rings. The van der Waals surface area contributed by atoms with Gasteiger partial charge in [-0.15, -0.1) is 0 Å². The Kier molecular flexibility index (Phi) is 15.8. The van der Waals surface area contributed by atoms with Gasteiger partial charge in [0.05, 0.1) is 43.0 Å². The number of esters is 1. The number of anilines is 1. The van der Waals surface area contributed by atoms with E-state index >= 15 is 0 Å². The molecule has 0 aromatic heterocycles. The molecule has 2 aromatic carbocycles. The molecule has 2 saturated heterocycles. The summed E-state index contributed by atoms with van der Waals surface area (Å²) in [5.74, 6) is -2.20. The highest BCUT2D eigenvalue weighted by Gasteiger charge is 2.51. The molecule has 2 aliphatic heterocycles. The van der Waals surface area contributed by atoms with Crippen molar-refractivity contribution in [1.29, 1.82) is 0 Å². The lowest BCUT2D eigenvalue weighted by atomic mass is 9.78. The predicted octanol–water partition coefficient (Wildman–Crippen LogP) is 3.46. The molecule has 0 aliphatic carbocycles. The molecule has 4 rings (SSSR count). The van der Waals surface area contributed by atoms with Crippen molar-refractivity contribution in [2.75, 3.05) is 25.4 Å². The van der Waals surface area contributed by atoms with Gasteiger partial charge in [0.25, 0.3) is 0 Å². The lowest BCUT2D eigenvalue weighted by molar-refractivity contribution is -0.293. The second-order valence-electron chi connectivity index (χ2n) is 16.4. The molecule has 10 unspecified atom stereocenters. The van der Waals surface area contributed by atoms with Crippen LogP contribution in [0.3, 0.4) is 0 Å². The number of aliphatic hydroxyl groups is 4. The van der Waals surface area contributed by atoms with Gasteiger partial charge in [0.15, 0.2) is 12.4 Å². The summed E-state index contributed by atoms with van der Waals surface area (Å²) in [4.78, 5) is 13.6. The molecule has 0 radical (unpaired) electrons. The molecule has 0 saturated carbocycles. The van der Waals surface area contributed by atoms with Crippen molar-refractivity contribution in [3.63, 3.8) is 0 Å². The van der Waals surface area contributed by atoms with E-state index in [1.54, 1.807) is 89.2 Å². The summed E-state index contributed by atoms with van der Waals surface area (Å²) in [6, 6.07) is 13.8. The Balaban J connectivity index is 1.77. The van der Waals surface area contributed by atoms with Gasteiger partial charge < -0.3 is 49.4 Å². The number of hydrogen-bond acceptors (Lipinski definition) is 13. The molecule has 2 fully saturated rings. The number of ether oxygens (including phenoxy) is 5. The molecular formula is C41H65N3O12S. The monoisotopic (exact) mass is 823 g/mol. The number of rotatable bonds is 10. The Morgan fingerprint density at radius 1 is 0.982 bits per heavy atom. The van der Waals surface area contributed by atoms with Crippen molar-refractivity contribution < 1.29 is 57.3 Å². The van der Waals surface area contributed by atoms with Gasteiger partial charge in [-0.3, -0.25) is 9.52 Å². The first kappa shape index (κ1) is 46.6. The number of benzene rings is 2. The van der Waals surface area contributed by atoms with Crippen LogP contribution in [-0.2, 0) is 29.2 Å². The second kappa shape index (κ2) is 19.3. The van der Waals surface area contributed by atoms with E-state index < -0.39 is 94.2 Å². The standard InChI is InChI=1S/C41H65N3O12S/c1-11-33-41(8,49)36(46)28(6)42-23-24(2)22-40(7,48)37(26(4)34(45)27(5)38(47)55-33)56-39-35(54-31-19-17-30(52-10)18-20-31)32(21-25(3)53-39)44(9)57(50,51)43-29-15-13-12-14-16-29/h12-20,24-28,32-37,39,42-43,45-46,48-49H,11,21-23H2,1-10H3/t24?,25-,26?,27?,28?,32+,33?,34?,35-,36?,37?,39+,40?,41?/m0/s1. The maximum absolute atomic E-state index is 13.9. The fraction of sp³-hybridized carbons (Fsp3) is 0.683. The van der Waals surface area contributed by atoms with Crippen molar-refractivity contribution in [2.24, 2.45) is 17.8 Å². The van der Waals surface area contributed by atoms with Crippen LogP contribution in [0.2, 0.25) is 0 Å². The number of likely N-dealkylation sites (N-methyl/N-ethyl adjacent to an activating group) is 1. The fourth-order valence-electron chi connectivity index (χ4n) is 8.04. The van der Waals surface area contributed by atoms with E-state index in [-0.39, 0.29) is 25.2 Å². The van der Waals surface area contributed by atoms with Crippen LogP contribution in [-0.4, -0.2) is 126 Å². The Morgan fingerprint density at radius 3 is 2.19 bits per heavy atom. The Labute approximate surface area is 338 Å². The Morgan fingerprint density at radius 2 is 1.60 bits per heavy atom. The van der Waals surface area contributed by atoms with Gasteiger partial charge in [-0.2, -0.15) is 12.7 Å². The zero-order valence-corrected chi connectivity index (χ0v) is 35.7. The summed E-state index contributed by atoms with van der Waals surface area (Å²) >= 11 is 0.